The van der Waals surface area contributed by atoms with Crippen molar-refractivity contribution in [2.75, 3.05) is 13.1 Å². The van der Waals surface area contributed by atoms with Crippen LogP contribution in [0.3, 0.4) is 0 Å². The first-order valence-electron chi connectivity index (χ1n) is 13.0. The summed E-state index contributed by atoms with van der Waals surface area (Å²) in [4.78, 5) is 5.14. The van der Waals surface area contributed by atoms with Gasteiger partial charge in [-0.1, -0.05) is 111 Å². The van der Waals surface area contributed by atoms with E-state index in [9.17, 15) is 0 Å². The van der Waals surface area contributed by atoms with Crippen LogP contribution in [0.5, 0.6) is 0 Å². The molecular weight excluding hydrogens is 340 g/mol. The maximum absolute atomic E-state index is 2.57. The molecule has 0 spiro atoms. The fourth-order valence-corrected chi connectivity index (χ4v) is 4.55. The summed E-state index contributed by atoms with van der Waals surface area (Å²) in [5.74, 6) is 0. The highest BCUT2D eigenvalue weighted by atomic mass is 15.4. The zero-order valence-corrected chi connectivity index (χ0v) is 19.8. The van der Waals surface area contributed by atoms with Gasteiger partial charge in [-0.25, -0.2) is 0 Å². The summed E-state index contributed by atoms with van der Waals surface area (Å²) in [6, 6.07) is 0. The number of hydrogen-bond donors (Lipinski definition) is 0. The van der Waals surface area contributed by atoms with Crippen molar-refractivity contribution < 1.29 is 0 Å². The van der Waals surface area contributed by atoms with Crippen molar-refractivity contribution in [2.24, 2.45) is 0 Å². The maximum Gasteiger partial charge on any atom is 0.101 e. The van der Waals surface area contributed by atoms with Crippen LogP contribution in [-0.2, 0) is 0 Å². The van der Waals surface area contributed by atoms with Crippen molar-refractivity contribution in [3.63, 3.8) is 0 Å². The molecule has 28 heavy (non-hydrogen) atoms. The zero-order valence-electron chi connectivity index (χ0n) is 19.8. The van der Waals surface area contributed by atoms with E-state index in [1.165, 1.54) is 129 Å². The van der Waals surface area contributed by atoms with Crippen LogP contribution in [0.1, 0.15) is 136 Å². The van der Waals surface area contributed by atoms with Gasteiger partial charge in [-0.3, -0.25) is 0 Å². The highest BCUT2D eigenvalue weighted by Gasteiger charge is 2.24. The monoisotopic (exact) mass is 392 g/mol. The number of hydrogen-bond acceptors (Lipinski definition) is 2. The Hall–Kier alpha value is -0.660. The van der Waals surface area contributed by atoms with E-state index in [4.69, 9.17) is 0 Å². The van der Waals surface area contributed by atoms with Crippen LogP contribution in [0, 0.1) is 0 Å². The fraction of sp³-hybridized carbons (Fsp3) is 0.923. The molecule has 0 amide bonds. The largest absolute Gasteiger partial charge is 0.356 e. The third-order valence-corrected chi connectivity index (χ3v) is 6.24. The van der Waals surface area contributed by atoms with Crippen LogP contribution < -0.4 is 0 Å². The summed E-state index contributed by atoms with van der Waals surface area (Å²) in [6.07, 6.45) is 30.9. The average Bonchev–Trinajstić information content (AvgIpc) is 3.07. The Bertz CT molecular complexity index is 336. The lowest BCUT2D eigenvalue weighted by atomic mass is 10.0. The first kappa shape index (κ1) is 25.4. The second-order valence-electron chi connectivity index (χ2n) is 8.99. The smallest absolute Gasteiger partial charge is 0.101 e. The molecule has 0 unspecified atom stereocenters. The lowest BCUT2D eigenvalue weighted by molar-refractivity contribution is 0.139. The molecule has 0 fully saturated rings. The van der Waals surface area contributed by atoms with E-state index >= 15 is 0 Å². The van der Waals surface area contributed by atoms with Gasteiger partial charge in [-0.05, 0) is 25.7 Å². The Morgan fingerprint density at radius 2 is 0.821 bits per heavy atom. The van der Waals surface area contributed by atoms with Gasteiger partial charge in [0.25, 0.3) is 0 Å². The molecule has 0 saturated carbocycles. The zero-order chi connectivity index (χ0) is 20.3. The summed E-state index contributed by atoms with van der Waals surface area (Å²) in [7, 11) is 0. The Morgan fingerprint density at radius 3 is 1.18 bits per heavy atom. The normalized spacial score (nSPS) is 14.5. The highest BCUT2D eigenvalue weighted by Crippen LogP contribution is 2.22. The molecule has 0 aliphatic carbocycles. The van der Waals surface area contributed by atoms with Gasteiger partial charge in [0.05, 0.1) is 0 Å². The Balaban J connectivity index is 1.90. The van der Waals surface area contributed by atoms with Crippen molar-refractivity contribution in [3.05, 3.63) is 12.4 Å². The minimum absolute atomic E-state index is 0.641. The lowest BCUT2D eigenvalue weighted by Gasteiger charge is -2.32. The van der Waals surface area contributed by atoms with E-state index in [1.54, 1.807) is 0 Å². The molecule has 1 heterocycles. The summed E-state index contributed by atoms with van der Waals surface area (Å²) < 4.78 is 0. The number of rotatable bonds is 20. The van der Waals surface area contributed by atoms with E-state index in [-0.39, 0.29) is 0 Å². The molecule has 166 valence electrons. The Labute approximate surface area is 178 Å². The van der Waals surface area contributed by atoms with E-state index in [0.717, 1.165) is 0 Å². The van der Waals surface area contributed by atoms with Crippen LogP contribution >= 0.6 is 0 Å². The summed E-state index contributed by atoms with van der Waals surface area (Å²) >= 11 is 0. The summed E-state index contributed by atoms with van der Waals surface area (Å²) in [5.41, 5.74) is 0. The molecule has 1 aliphatic rings. The summed E-state index contributed by atoms with van der Waals surface area (Å²) in [6.45, 7) is 9.30. The van der Waals surface area contributed by atoms with Crippen molar-refractivity contribution >= 4 is 0 Å². The molecule has 0 saturated heterocycles. The molecule has 1 rings (SSSR count). The first-order chi connectivity index (χ1) is 13.8. The van der Waals surface area contributed by atoms with Crippen LogP contribution in [0.25, 0.3) is 0 Å². The van der Waals surface area contributed by atoms with E-state index in [2.05, 4.69) is 43.0 Å². The van der Waals surface area contributed by atoms with Gasteiger partial charge in [-0.15, -0.1) is 0 Å². The topological polar surface area (TPSA) is 6.48 Å². The molecule has 0 N–H and O–H groups in total. The summed E-state index contributed by atoms with van der Waals surface area (Å²) in [5, 5.41) is 0. The highest BCUT2D eigenvalue weighted by molar-refractivity contribution is 4.96. The van der Waals surface area contributed by atoms with Crippen molar-refractivity contribution in [1.29, 1.82) is 0 Å². The van der Waals surface area contributed by atoms with Crippen molar-refractivity contribution in [1.82, 2.24) is 9.80 Å². The fourth-order valence-electron chi connectivity index (χ4n) is 4.55. The van der Waals surface area contributed by atoms with Crippen molar-refractivity contribution in [3.8, 4) is 0 Å². The van der Waals surface area contributed by atoms with Gasteiger partial charge < -0.3 is 9.80 Å². The second kappa shape index (κ2) is 18.4. The SMILES string of the molecule is CCCCCCCCCCCCCCCCCC1N(CCC)C=CN1CCC. The van der Waals surface area contributed by atoms with Crippen molar-refractivity contribution in [2.45, 2.75) is 143 Å². The minimum Gasteiger partial charge on any atom is -0.356 e. The van der Waals surface area contributed by atoms with Gasteiger partial charge in [0.15, 0.2) is 0 Å². The standard InChI is InChI=1S/C26H52N2/c1-4-7-8-9-10-11-12-13-14-15-16-17-18-19-20-21-26-27(22-5-2)24-25-28(26)23-6-3/h24-26H,4-23H2,1-3H3. The second-order valence-corrected chi connectivity index (χ2v) is 8.99. The van der Waals surface area contributed by atoms with Crippen LogP contribution in [0.15, 0.2) is 12.4 Å². The van der Waals surface area contributed by atoms with Gasteiger partial charge in [0.1, 0.15) is 6.17 Å². The van der Waals surface area contributed by atoms with Crippen LogP contribution in [-0.4, -0.2) is 29.1 Å². The predicted octanol–water partition coefficient (Wildman–Crippen LogP) is 8.48. The Kier molecular flexibility index (Phi) is 16.7. The third-order valence-electron chi connectivity index (χ3n) is 6.24. The average molecular weight is 393 g/mol. The molecule has 0 bridgehead atoms. The molecule has 0 aromatic heterocycles. The molecule has 0 aromatic rings. The van der Waals surface area contributed by atoms with E-state index < -0.39 is 0 Å². The molecule has 0 atom stereocenters. The van der Waals surface area contributed by atoms with Gasteiger partial charge in [0.2, 0.25) is 0 Å². The molecule has 2 nitrogen and oxygen atoms in total. The lowest BCUT2D eigenvalue weighted by Crippen LogP contribution is -2.39. The molecular formula is C26H52N2. The van der Waals surface area contributed by atoms with E-state index in [1.807, 2.05) is 0 Å². The van der Waals surface area contributed by atoms with Gasteiger partial charge >= 0.3 is 0 Å². The number of nitrogens with zero attached hydrogens (tertiary/aromatic N) is 2. The quantitative estimate of drug-likeness (QED) is 0.192. The minimum atomic E-state index is 0.641. The maximum atomic E-state index is 2.57. The van der Waals surface area contributed by atoms with Gasteiger partial charge in [0, 0.05) is 25.5 Å². The molecule has 2 heteroatoms. The van der Waals surface area contributed by atoms with Crippen LogP contribution in [0.2, 0.25) is 0 Å². The molecule has 1 aliphatic heterocycles. The third kappa shape index (κ3) is 12.0. The number of unbranched alkanes of at least 4 members (excludes halogenated alkanes) is 14. The predicted molar refractivity (Wildman–Crippen MR) is 126 cm³/mol. The molecule has 0 aromatic carbocycles. The van der Waals surface area contributed by atoms with E-state index in [0.29, 0.717) is 6.17 Å². The molecule has 0 radical (unpaired) electrons. The first-order valence-corrected chi connectivity index (χ1v) is 13.0. The van der Waals surface area contributed by atoms with Crippen LogP contribution in [0.4, 0.5) is 0 Å². The van der Waals surface area contributed by atoms with Gasteiger partial charge in [-0.2, -0.15) is 0 Å². The Morgan fingerprint density at radius 1 is 0.464 bits per heavy atom.